The molecule has 1 aliphatic rings. The SMILES string of the molecule is CCOc1cc(C(C)C(CCCC(C)(C)c2ccccc2)C(=O)CC2(C(C)=O)CC2)cc(OCC)c1C(C)C. The Morgan fingerprint density at radius 1 is 0.949 bits per heavy atom. The highest BCUT2D eigenvalue weighted by molar-refractivity contribution is 5.93. The van der Waals surface area contributed by atoms with Gasteiger partial charge in [-0.15, -0.1) is 0 Å². The molecule has 1 fully saturated rings. The van der Waals surface area contributed by atoms with Gasteiger partial charge in [-0.3, -0.25) is 9.59 Å². The Bertz CT molecular complexity index is 1080. The van der Waals surface area contributed by atoms with E-state index in [-0.39, 0.29) is 34.7 Å². The van der Waals surface area contributed by atoms with Gasteiger partial charge >= 0.3 is 0 Å². The molecule has 2 aromatic carbocycles. The second kappa shape index (κ2) is 13.2. The van der Waals surface area contributed by atoms with Gasteiger partial charge < -0.3 is 9.47 Å². The smallest absolute Gasteiger partial charge is 0.137 e. The van der Waals surface area contributed by atoms with Gasteiger partial charge in [0.2, 0.25) is 0 Å². The molecule has 0 radical (unpaired) electrons. The number of carbonyl (C=O) groups is 2. The first-order valence-electron chi connectivity index (χ1n) is 15.0. The molecule has 0 aliphatic heterocycles. The van der Waals surface area contributed by atoms with Crippen LogP contribution < -0.4 is 9.47 Å². The summed E-state index contributed by atoms with van der Waals surface area (Å²) in [6, 6.07) is 14.9. The number of hydrogen-bond donors (Lipinski definition) is 0. The van der Waals surface area contributed by atoms with Crippen LogP contribution in [0, 0.1) is 11.3 Å². The van der Waals surface area contributed by atoms with Crippen molar-refractivity contribution in [2.24, 2.45) is 11.3 Å². The fraction of sp³-hybridized carbons (Fsp3) is 0.600. The van der Waals surface area contributed by atoms with Gasteiger partial charge in [-0.25, -0.2) is 0 Å². The molecule has 0 spiro atoms. The Morgan fingerprint density at radius 3 is 1.97 bits per heavy atom. The zero-order valence-electron chi connectivity index (χ0n) is 25.6. The molecule has 1 saturated carbocycles. The number of rotatable bonds is 16. The van der Waals surface area contributed by atoms with Crippen molar-refractivity contribution in [3.63, 3.8) is 0 Å². The van der Waals surface area contributed by atoms with Crippen molar-refractivity contribution in [2.45, 2.75) is 111 Å². The van der Waals surface area contributed by atoms with E-state index < -0.39 is 5.41 Å². The molecule has 0 aromatic heterocycles. The molecule has 0 N–H and O–H groups in total. The molecule has 0 heterocycles. The molecule has 0 saturated heterocycles. The maximum absolute atomic E-state index is 13.9. The number of ether oxygens (including phenoxy) is 2. The van der Waals surface area contributed by atoms with Gasteiger partial charge in [0, 0.05) is 23.3 Å². The summed E-state index contributed by atoms with van der Waals surface area (Å²) >= 11 is 0. The predicted molar refractivity (Wildman–Crippen MR) is 160 cm³/mol. The molecule has 4 heteroatoms. The first kappa shape index (κ1) is 30.9. The first-order chi connectivity index (χ1) is 18.5. The number of benzene rings is 2. The van der Waals surface area contributed by atoms with E-state index in [9.17, 15) is 9.59 Å². The van der Waals surface area contributed by atoms with Crippen molar-refractivity contribution in [1.29, 1.82) is 0 Å². The van der Waals surface area contributed by atoms with E-state index in [0.717, 1.165) is 54.7 Å². The number of carbonyl (C=O) groups excluding carboxylic acids is 2. The Balaban J connectivity index is 1.92. The first-order valence-corrected chi connectivity index (χ1v) is 15.0. The predicted octanol–water partition coefficient (Wildman–Crippen LogP) is 8.80. The highest BCUT2D eigenvalue weighted by atomic mass is 16.5. The summed E-state index contributed by atoms with van der Waals surface area (Å²) in [5.41, 5.74) is 3.07. The van der Waals surface area contributed by atoms with Crippen LogP contribution in [0.3, 0.4) is 0 Å². The van der Waals surface area contributed by atoms with E-state index in [4.69, 9.17) is 9.47 Å². The third kappa shape index (κ3) is 7.52. The minimum atomic E-state index is -0.424. The van der Waals surface area contributed by atoms with Crippen molar-refractivity contribution in [1.82, 2.24) is 0 Å². The number of Topliss-reactive ketones (excluding diaryl/α,β-unsaturated/α-hetero) is 2. The molecule has 2 unspecified atom stereocenters. The molecule has 2 aromatic rings. The molecule has 4 nitrogen and oxygen atoms in total. The molecule has 1 aliphatic carbocycles. The monoisotopic (exact) mass is 534 g/mol. The van der Waals surface area contributed by atoms with Crippen LogP contribution in [0.5, 0.6) is 11.5 Å². The Hall–Kier alpha value is -2.62. The standard InChI is InChI=1S/C35H50O4/c1-9-38-31-21-27(22-32(39-10-2)33(31)24(3)4)25(5)29(30(37)23-35(19-20-35)26(6)36)17-14-18-34(7,8)28-15-12-11-13-16-28/h11-13,15-16,21-22,24-25,29H,9-10,14,17-20,23H2,1-8H3. The van der Waals surface area contributed by atoms with E-state index in [1.54, 1.807) is 6.92 Å². The van der Waals surface area contributed by atoms with Crippen molar-refractivity contribution < 1.29 is 19.1 Å². The molecular formula is C35H50O4. The van der Waals surface area contributed by atoms with Crippen LogP contribution in [0.15, 0.2) is 42.5 Å². The highest BCUT2D eigenvalue weighted by Gasteiger charge is 2.49. The van der Waals surface area contributed by atoms with Crippen LogP contribution in [0.1, 0.15) is 122 Å². The third-order valence-corrected chi connectivity index (χ3v) is 8.83. The summed E-state index contributed by atoms with van der Waals surface area (Å²) in [4.78, 5) is 26.3. The highest BCUT2D eigenvalue weighted by Crippen LogP contribution is 2.51. The third-order valence-electron chi connectivity index (χ3n) is 8.83. The van der Waals surface area contributed by atoms with Crippen LogP contribution in [-0.2, 0) is 15.0 Å². The Morgan fingerprint density at radius 2 is 1.51 bits per heavy atom. The van der Waals surface area contributed by atoms with Gasteiger partial charge in [-0.05, 0) is 87.0 Å². The van der Waals surface area contributed by atoms with Crippen molar-refractivity contribution in [3.8, 4) is 11.5 Å². The van der Waals surface area contributed by atoms with Crippen LogP contribution in [-0.4, -0.2) is 24.8 Å². The lowest BCUT2D eigenvalue weighted by molar-refractivity contribution is -0.130. The fourth-order valence-electron chi connectivity index (χ4n) is 5.99. The molecule has 39 heavy (non-hydrogen) atoms. The van der Waals surface area contributed by atoms with Gasteiger partial charge in [0.05, 0.1) is 13.2 Å². The van der Waals surface area contributed by atoms with E-state index in [2.05, 4.69) is 77.1 Å². The summed E-state index contributed by atoms with van der Waals surface area (Å²) in [6.07, 6.45) is 4.76. The molecule has 3 rings (SSSR count). The van der Waals surface area contributed by atoms with Crippen molar-refractivity contribution >= 4 is 11.6 Å². The van der Waals surface area contributed by atoms with Crippen LogP contribution in [0.4, 0.5) is 0 Å². The summed E-state index contributed by atoms with van der Waals surface area (Å²) in [7, 11) is 0. The van der Waals surface area contributed by atoms with Crippen LogP contribution >= 0.6 is 0 Å². The van der Waals surface area contributed by atoms with E-state index in [1.807, 2.05) is 13.8 Å². The van der Waals surface area contributed by atoms with Crippen molar-refractivity contribution in [3.05, 3.63) is 59.2 Å². The quantitative estimate of drug-likeness (QED) is 0.216. The van der Waals surface area contributed by atoms with Crippen molar-refractivity contribution in [2.75, 3.05) is 13.2 Å². The summed E-state index contributed by atoms with van der Waals surface area (Å²) in [5.74, 6) is 2.14. The van der Waals surface area contributed by atoms with Gasteiger partial charge in [0.1, 0.15) is 23.1 Å². The van der Waals surface area contributed by atoms with E-state index in [0.29, 0.717) is 19.6 Å². The summed E-state index contributed by atoms with van der Waals surface area (Å²) < 4.78 is 12.2. The number of hydrogen-bond acceptors (Lipinski definition) is 4. The number of ketones is 2. The Kier molecular flexibility index (Phi) is 10.4. The molecule has 0 amide bonds. The second-order valence-electron chi connectivity index (χ2n) is 12.5. The molecular weight excluding hydrogens is 484 g/mol. The average Bonchev–Trinajstić information content (AvgIpc) is 3.67. The van der Waals surface area contributed by atoms with E-state index in [1.165, 1.54) is 5.56 Å². The maximum atomic E-state index is 13.9. The Labute approximate surface area is 236 Å². The lowest BCUT2D eigenvalue weighted by Crippen LogP contribution is -2.27. The maximum Gasteiger partial charge on any atom is 0.137 e. The summed E-state index contributed by atoms with van der Waals surface area (Å²) in [6.45, 7) is 17.8. The minimum Gasteiger partial charge on any atom is -0.493 e. The van der Waals surface area contributed by atoms with Gasteiger partial charge in [-0.1, -0.05) is 71.4 Å². The molecule has 0 bridgehead atoms. The average molecular weight is 535 g/mol. The second-order valence-corrected chi connectivity index (χ2v) is 12.5. The molecule has 2 atom stereocenters. The largest absolute Gasteiger partial charge is 0.493 e. The fourth-order valence-corrected chi connectivity index (χ4v) is 5.99. The van der Waals surface area contributed by atoms with Gasteiger partial charge in [-0.2, -0.15) is 0 Å². The lowest BCUT2D eigenvalue weighted by atomic mass is 9.75. The summed E-state index contributed by atoms with van der Waals surface area (Å²) in [5, 5.41) is 0. The zero-order valence-corrected chi connectivity index (χ0v) is 25.6. The van der Waals surface area contributed by atoms with Crippen LogP contribution in [0.25, 0.3) is 0 Å². The van der Waals surface area contributed by atoms with Gasteiger partial charge in [0.15, 0.2) is 0 Å². The van der Waals surface area contributed by atoms with Crippen LogP contribution in [0.2, 0.25) is 0 Å². The van der Waals surface area contributed by atoms with E-state index >= 15 is 0 Å². The minimum absolute atomic E-state index is 0.0141. The topological polar surface area (TPSA) is 52.6 Å². The zero-order chi connectivity index (χ0) is 28.8. The normalized spacial score (nSPS) is 16.0. The lowest BCUT2D eigenvalue weighted by Gasteiger charge is -2.29. The van der Waals surface area contributed by atoms with Gasteiger partial charge in [0.25, 0.3) is 0 Å². The molecule has 214 valence electrons.